The maximum Gasteiger partial charge on any atom is 0.328 e. The van der Waals surface area contributed by atoms with E-state index in [-0.39, 0.29) is 22.4 Å². The summed E-state index contributed by atoms with van der Waals surface area (Å²) < 4.78 is 9.92. The average Bonchev–Trinajstić information content (AvgIpc) is 2.33. The Kier molecular flexibility index (Phi) is 5.68. The Bertz CT molecular complexity index is 517. The molecular formula is C13H13Cl3O4. The van der Waals surface area contributed by atoms with Crippen LogP contribution in [0.3, 0.4) is 0 Å². The molecule has 0 aliphatic heterocycles. The molecule has 0 heterocycles. The fourth-order valence-corrected chi connectivity index (χ4v) is 2.14. The lowest BCUT2D eigenvalue weighted by atomic mass is 9.94. The molecule has 0 fully saturated rings. The predicted octanol–water partition coefficient (Wildman–Crippen LogP) is 4.14. The van der Waals surface area contributed by atoms with Gasteiger partial charge in [0, 0.05) is 5.02 Å². The van der Waals surface area contributed by atoms with E-state index in [1.807, 2.05) is 0 Å². The summed E-state index contributed by atoms with van der Waals surface area (Å²) in [5.41, 5.74) is -1.47. The molecule has 0 saturated carbocycles. The van der Waals surface area contributed by atoms with Gasteiger partial charge in [0.05, 0.1) is 16.7 Å². The topological polar surface area (TPSA) is 52.6 Å². The number of carbonyl (C=O) groups is 2. The Balaban J connectivity index is 2.99. The van der Waals surface area contributed by atoms with Gasteiger partial charge in [-0.25, -0.2) is 0 Å². The van der Waals surface area contributed by atoms with Gasteiger partial charge >= 0.3 is 11.9 Å². The Morgan fingerprint density at radius 3 is 2.05 bits per heavy atom. The third-order valence-corrected chi connectivity index (χ3v) is 3.23. The van der Waals surface area contributed by atoms with Gasteiger partial charge in [-0.05, 0) is 32.9 Å². The van der Waals surface area contributed by atoms with E-state index in [0.29, 0.717) is 5.02 Å². The number of benzene rings is 1. The minimum Gasteiger partial charge on any atom is -0.465 e. The van der Waals surface area contributed by atoms with Crippen LogP contribution in [0.1, 0.15) is 20.8 Å². The first-order chi connectivity index (χ1) is 9.20. The lowest BCUT2D eigenvalue weighted by Crippen LogP contribution is -2.38. The molecule has 0 aromatic heterocycles. The SMILES string of the molecule is CCOC(=O)C(C)(C)C(=O)Oc1c(Cl)cc(Cl)cc1Cl. The second-order valence-electron chi connectivity index (χ2n) is 4.43. The van der Waals surface area contributed by atoms with Crippen molar-refractivity contribution < 1.29 is 19.1 Å². The van der Waals surface area contributed by atoms with Crippen molar-refractivity contribution in [1.82, 2.24) is 0 Å². The summed E-state index contributed by atoms with van der Waals surface area (Å²) in [5, 5.41) is 0.468. The molecule has 1 aromatic carbocycles. The molecule has 0 aliphatic carbocycles. The number of ether oxygens (including phenoxy) is 2. The molecule has 4 nitrogen and oxygen atoms in total. The van der Waals surface area contributed by atoms with E-state index >= 15 is 0 Å². The number of hydrogen-bond donors (Lipinski definition) is 0. The molecule has 1 aromatic rings. The first-order valence-electron chi connectivity index (χ1n) is 5.74. The largest absolute Gasteiger partial charge is 0.465 e. The van der Waals surface area contributed by atoms with Gasteiger partial charge in [-0.3, -0.25) is 9.59 Å². The molecule has 0 unspecified atom stereocenters. The van der Waals surface area contributed by atoms with Crippen LogP contribution in [0.4, 0.5) is 0 Å². The smallest absolute Gasteiger partial charge is 0.328 e. The van der Waals surface area contributed by atoms with E-state index in [4.69, 9.17) is 44.3 Å². The van der Waals surface area contributed by atoms with E-state index < -0.39 is 17.4 Å². The Morgan fingerprint density at radius 2 is 1.60 bits per heavy atom. The molecular weight excluding hydrogens is 326 g/mol. The highest BCUT2D eigenvalue weighted by Crippen LogP contribution is 2.37. The highest BCUT2D eigenvalue weighted by Gasteiger charge is 2.40. The van der Waals surface area contributed by atoms with Crippen LogP contribution in [0.15, 0.2) is 12.1 Å². The number of halogens is 3. The number of esters is 2. The molecule has 0 radical (unpaired) electrons. The van der Waals surface area contributed by atoms with Gasteiger partial charge in [-0.1, -0.05) is 34.8 Å². The van der Waals surface area contributed by atoms with Crippen molar-refractivity contribution in [2.75, 3.05) is 6.61 Å². The van der Waals surface area contributed by atoms with Crippen LogP contribution in [0, 0.1) is 5.41 Å². The van der Waals surface area contributed by atoms with E-state index in [0.717, 1.165) is 0 Å². The quantitative estimate of drug-likeness (QED) is 0.470. The van der Waals surface area contributed by atoms with E-state index in [1.165, 1.54) is 26.0 Å². The maximum atomic E-state index is 12.1. The average molecular weight is 340 g/mol. The Labute approximate surface area is 131 Å². The summed E-state index contributed by atoms with van der Waals surface area (Å²) >= 11 is 17.6. The lowest BCUT2D eigenvalue weighted by molar-refractivity contribution is -0.164. The monoisotopic (exact) mass is 338 g/mol. The van der Waals surface area contributed by atoms with Crippen LogP contribution in [-0.2, 0) is 14.3 Å². The predicted molar refractivity (Wildman–Crippen MR) is 77.5 cm³/mol. The minimum absolute atomic E-state index is 0.0416. The number of hydrogen-bond acceptors (Lipinski definition) is 4. The zero-order valence-electron chi connectivity index (χ0n) is 11.1. The summed E-state index contributed by atoms with van der Waals surface area (Å²) in [5.74, 6) is -1.55. The molecule has 0 spiro atoms. The Hall–Kier alpha value is -0.970. The summed E-state index contributed by atoms with van der Waals surface area (Å²) in [6, 6.07) is 2.77. The van der Waals surface area contributed by atoms with Gasteiger partial charge in [0.15, 0.2) is 11.2 Å². The molecule has 0 bridgehead atoms. The minimum atomic E-state index is -1.47. The van der Waals surface area contributed by atoms with Gasteiger partial charge in [-0.15, -0.1) is 0 Å². The van der Waals surface area contributed by atoms with Gasteiger partial charge < -0.3 is 9.47 Å². The number of carbonyl (C=O) groups excluding carboxylic acids is 2. The van der Waals surface area contributed by atoms with Crippen LogP contribution in [0.25, 0.3) is 0 Å². The highest BCUT2D eigenvalue weighted by atomic mass is 35.5. The van der Waals surface area contributed by atoms with E-state index in [1.54, 1.807) is 6.92 Å². The fourth-order valence-electron chi connectivity index (χ4n) is 1.24. The van der Waals surface area contributed by atoms with Gasteiger partial charge in [0.25, 0.3) is 0 Å². The summed E-state index contributed by atoms with van der Waals surface area (Å²) in [4.78, 5) is 23.8. The van der Waals surface area contributed by atoms with Gasteiger partial charge in [0.1, 0.15) is 0 Å². The molecule has 0 N–H and O–H groups in total. The zero-order valence-corrected chi connectivity index (χ0v) is 13.4. The van der Waals surface area contributed by atoms with Crippen molar-refractivity contribution in [3.8, 4) is 5.75 Å². The third-order valence-electron chi connectivity index (χ3n) is 2.45. The fraction of sp³-hybridized carbons (Fsp3) is 0.385. The molecule has 0 atom stereocenters. The normalized spacial score (nSPS) is 11.1. The van der Waals surface area contributed by atoms with Crippen molar-refractivity contribution in [2.45, 2.75) is 20.8 Å². The molecule has 20 heavy (non-hydrogen) atoms. The van der Waals surface area contributed by atoms with Crippen molar-refractivity contribution in [3.63, 3.8) is 0 Å². The molecule has 0 saturated heterocycles. The first-order valence-corrected chi connectivity index (χ1v) is 6.87. The van der Waals surface area contributed by atoms with Crippen molar-refractivity contribution >= 4 is 46.7 Å². The first kappa shape index (κ1) is 17.1. The van der Waals surface area contributed by atoms with Crippen molar-refractivity contribution in [3.05, 3.63) is 27.2 Å². The standard InChI is InChI=1S/C13H13Cl3O4/c1-4-19-11(17)13(2,3)12(18)20-10-8(15)5-7(14)6-9(10)16/h5-6H,4H2,1-3H3. The van der Waals surface area contributed by atoms with Crippen LogP contribution in [0.2, 0.25) is 15.1 Å². The second-order valence-corrected chi connectivity index (χ2v) is 5.68. The highest BCUT2D eigenvalue weighted by molar-refractivity contribution is 6.40. The summed E-state index contributed by atoms with van der Waals surface area (Å²) in [6.45, 7) is 4.60. The van der Waals surface area contributed by atoms with Gasteiger partial charge in [0.2, 0.25) is 0 Å². The molecule has 110 valence electrons. The van der Waals surface area contributed by atoms with Crippen LogP contribution >= 0.6 is 34.8 Å². The summed E-state index contributed by atoms with van der Waals surface area (Å²) in [6.07, 6.45) is 0. The third kappa shape index (κ3) is 3.78. The molecule has 1 rings (SSSR count). The second kappa shape index (κ2) is 6.66. The molecule has 7 heteroatoms. The van der Waals surface area contributed by atoms with E-state index in [9.17, 15) is 9.59 Å². The Morgan fingerprint density at radius 1 is 1.10 bits per heavy atom. The van der Waals surface area contributed by atoms with Gasteiger partial charge in [-0.2, -0.15) is 0 Å². The molecule has 0 amide bonds. The van der Waals surface area contributed by atoms with Crippen LogP contribution in [0.5, 0.6) is 5.75 Å². The van der Waals surface area contributed by atoms with E-state index in [2.05, 4.69) is 0 Å². The lowest BCUT2D eigenvalue weighted by Gasteiger charge is -2.20. The molecule has 0 aliphatic rings. The number of rotatable bonds is 4. The van der Waals surface area contributed by atoms with Crippen molar-refractivity contribution in [1.29, 1.82) is 0 Å². The van der Waals surface area contributed by atoms with Crippen LogP contribution in [-0.4, -0.2) is 18.5 Å². The zero-order chi connectivity index (χ0) is 15.5. The maximum absolute atomic E-state index is 12.1. The summed E-state index contributed by atoms with van der Waals surface area (Å²) in [7, 11) is 0. The van der Waals surface area contributed by atoms with Crippen LogP contribution < -0.4 is 4.74 Å². The van der Waals surface area contributed by atoms with Crippen molar-refractivity contribution in [2.24, 2.45) is 5.41 Å².